The summed E-state index contributed by atoms with van der Waals surface area (Å²) in [4.78, 5) is 31.9. The number of amides is 3. The van der Waals surface area contributed by atoms with Gasteiger partial charge in [0.1, 0.15) is 5.60 Å². The number of carbonyl (C=O) groups is 2. The fraction of sp³-hybridized carbons (Fsp3) is 0.727. The first-order chi connectivity index (χ1) is 13.8. The van der Waals surface area contributed by atoms with Crippen LogP contribution in [0.5, 0.6) is 0 Å². The lowest BCUT2D eigenvalue weighted by Gasteiger charge is -2.39. The molecule has 1 aliphatic carbocycles. The Bertz CT molecular complexity index is 716. The Morgan fingerprint density at radius 1 is 1.10 bits per heavy atom. The highest BCUT2D eigenvalue weighted by Crippen LogP contribution is 2.39. The van der Waals surface area contributed by atoms with Crippen molar-refractivity contribution in [3.63, 3.8) is 0 Å². The minimum atomic E-state index is -0.481. The van der Waals surface area contributed by atoms with Crippen LogP contribution in [0, 0.1) is 0 Å². The van der Waals surface area contributed by atoms with Crippen LogP contribution in [0.4, 0.5) is 9.59 Å². The van der Waals surface area contributed by atoms with E-state index in [2.05, 4.69) is 26.6 Å². The van der Waals surface area contributed by atoms with Gasteiger partial charge in [0.25, 0.3) is 0 Å². The summed E-state index contributed by atoms with van der Waals surface area (Å²) in [6.45, 7) is 7.76. The summed E-state index contributed by atoms with van der Waals surface area (Å²) >= 11 is 1.69. The van der Waals surface area contributed by atoms with Crippen molar-refractivity contribution in [2.75, 3.05) is 19.6 Å². The average molecular weight is 420 g/mol. The molecule has 0 aromatic carbocycles. The average Bonchev–Trinajstić information content (AvgIpc) is 3.41. The third-order valence-corrected chi connectivity index (χ3v) is 7.08. The van der Waals surface area contributed by atoms with Crippen LogP contribution in [0.3, 0.4) is 0 Å². The van der Waals surface area contributed by atoms with Gasteiger partial charge >= 0.3 is 12.1 Å². The Kier molecular flexibility index (Phi) is 5.78. The number of piperidine rings is 1. The van der Waals surface area contributed by atoms with Crippen LogP contribution in [-0.2, 0) is 4.74 Å². The third-order valence-electron chi connectivity index (χ3n) is 6.37. The fourth-order valence-electron chi connectivity index (χ4n) is 4.95. The summed E-state index contributed by atoms with van der Waals surface area (Å²) in [5.41, 5.74) is 0.767. The SMILES string of the molecule is CC(C)(C)OC(=O)N1CCC(N2C(=O)N(C3CCCC3)C[C@H]2c2ccsc2)CC1. The second kappa shape index (κ2) is 8.17. The van der Waals surface area contributed by atoms with E-state index in [1.54, 1.807) is 16.2 Å². The first kappa shape index (κ1) is 20.5. The summed E-state index contributed by atoms with van der Waals surface area (Å²) < 4.78 is 5.52. The zero-order valence-electron chi connectivity index (χ0n) is 17.8. The van der Waals surface area contributed by atoms with E-state index in [1.165, 1.54) is 18.4 Å². The molecule has 2 saturated heterocycles. The molecule has 3 heterocycles. The second-order valence-electron chi connectivity index (χ2n) is 9.55. The van der Waals surface area contributed by atoms with Crippen LogP contribution in [0.1, 0.15) is 70.9 Å². The van der Waals surface area contributed by atoms with Gasteiger partial charge in [-0.3, -0.25) is 0 Å². The number of nitrogens with zero attached hydrogens (tertiary/aromatic N) is 3. The first-order valence-electron chi connectivity index (χ1n) is 10.9. The van der Waals surface area contributed by atoms with Crippen molar-refractivity contribution in [1.29, 1.82) is 0 Å². The molecule has 0 spiro atoms. The van der Waals surface area contributed by atoms with Crippen molar-refractivity contribution in [1.82, 2.24) is 14.7 Å². The van der Waals surface area contributed by atoms with Crippen LogP contribution in [0.2, 0.25) is 0 Å². The first-order valence-corrected chi connectivity index (χ1v) is 11.9. The van der Waals surface area contributed by atoms with Crippen LogP contribution in [0.25, 0.3) is 0 Å². The van der Waals surface area contributed by atoms with E-state index < -0.39 is 5.60 Å². The van der Waals surface area contributed by atoms with E-state index in [0.29, 0.717) is 19.1 Å². The Labute approximate surface area is 177 Å². The number of likely N-dealkylation sites (tertiary alicyclic amines) is 1. The van der Waals surface area contributed by atoms with E-state index in [-0.39, 0.29) is 24.2 Å². The minimum absolute atomic E-state index is 0.132. The molecule has 4 rings (SSSR count). The summed E-state index contributed by atoms with van der Waals surface area (Å²) in [5.74, 6) is 0. The Morgan fingerprint density at radius 2 is 1.79 bits per heavy atom. The molecule has 1 aromatic rings. The topological polar surface area (TPSA) is 53.1 Å². The van der Waals surface area contributed by atoms with Gasteiger partial charge in [-0.2, -0.15) is 11.3 Å². The van der Waals surface area contributed by atoms with E-state index in [9.17, 15) is 9.59 Å². The van der Waals surface area contributed by atoms with Gasteiger partial charge in [-0.25, -0.2) is 9.59 Å². The van der Waals surface area contributed by atoms with Crippen molar-refractivity contribution >= 4 is 23.5 Å². The molecule has 1 saturated carbocycles. The molecular weight excluding hydrogens is 386 g/mol. The molecule has 3 fully saturated rings. The van der Waals surface area contributed by atoms with Crippen molar-refractivity contribution in [2.24, 2.45) is 0 Å². The molecule has 2 aliphatic heterocycles. The molecule has 0 radical (unpaired) electrons. The normalized spacial score (nSPS) is 24.6. The molecule has 1 aromatic heterocycles. The largest absolute Gasteiger partial charge is 0.444 e. The molecule has 0 unspecified atom stereocenters. The number of thiophene rings is 1. The van der Waals surface area contributed by atoms with Gasteiger partial charge in [-0.05, 0) is 68.8 Å². The highest BCUT2D eigenvalue weighted by molar-refractivity contribution is 7.08. The Morgan fingerprint density at radius 3 is 2.38 bits per heavy atom. The molecule has 29 heavy (non-hydrogen) atoms. The lowest BCUT2D eigenvalue weighted by molar-refractivity contribution is 0.0157. The number of urea groups is 1. The molecule has 3 amide bonds. The lowest BCUT2D eigenvalue weighted by Crippen LogP contribution is -2.50. The standard InChI is InChI=1S/C22H33N3O3S/c1-22(2,3)28-21(27)23-11-8-18(9-12-23)25-19(16-10-13-29-15-16)14-24(20(25)26)17-6-4-5-7-17/h10,13,15,17-19H,4-9,11-12,14H2,1-3H3/t19-/m0/s1. The molecule has 7 heteroatoms. The van der Waals surface area contributed by atoms with E-state index >= 15 is 0 Å². The van der Waals surface area contributed by atoms with Crippen molar-refractivity contribution in [3.8, 4) is 0 Å². The van der Waals surface area contributed by atoms with Crippen molar-refractivity contribution in [2.45, 2.75) is 83.0 Å². The van der Waals surface area contributed by atoms with Crippen LogP contribution in [-0.4, -0.2) is 64.1 Å². The molecule has 6 nitrogen and oxygen atoms in total. The van der Waals surface area contributed by atoms with E-state index in [0.717, 1.165) is 32.2 Å². The predicted octanol–water partition coefficient (Wildman–Crippen LogP) is 4.87. The van der Waals surface area contributed by atoms with Gasteiger partial charge in [0.15, 0.2) is 0 Å². The van der Waals surface area contributed by atoms with Crippen LogP contribution < -0.4 is 0 Å². The van der Waals surface area contributed by atoms with Gasteiger partial charge in [-0.1, -0.05) is 12.8 Å². The maximum atomic E-state index is 13.5. The number of rotatable bonds is 3. The Hall–Kier alpha value is -1.76. The molecule has 0 bridgehead atoms. The summed E-state index contributed by atoms with van der Waals surface area (Å²) in [6.07, 6.45) is 6.09. The Balaban J connectivity index is 1.45. The van der Waals surface area contributed by atoms with Crippen molar-refractivity contribution in [3.05, 3.63) is 22.4 Å². The number of hydrogen-bond acceptors (Lipinski definition) is 4. The fourth-order valence-corrected chi connectivity index (χ4v) is 5.66. The molecule has 1 atom stereocenters. The molecular formula is C22H33N3O3S. The van der Waals surface area contributed by atoms with Gasteiger partial charge in [-0.15, -0.1) is 0 Å². The van der Waals surface area contributed by atoms with Gasteiger partial charge < -0.3 is 19.4 Å². The van der Waals surface area contributed by atoms with Gasteiger partial charge in [0.2, 0.25) is 0 Å². The van der Waals surface area contributed by atoms with Crippen LogP contribution in [0.15, 0.2) is 16.8 Å². The monoisotopic (exact) mass is 419 g/mol. The number of ether oxygens (including phenoxy) is 1. The molecule has 3 aliphatic rings. The lowest BCUT2D eigenvalue weighted by atomic mass is 10.0. The highest BCUT2D eigenvalue weighted by Gasteiger charge is 2.45. The predicted molar refractivity (Wildman–Crippen MR) is 114 cm³/mol. The smallest absolute Gasteiger partial charge is 0.410 e. The van der Waals surface area contributed by atoms with Crippen LogP contribution >= 0.6 is 11.3 Å². The molecule has 0 N–H and O–H groups in total. The van der Waals surface area contributed by atoms with Gasteiger partial charge in [0.05, 0.1) is 6.04 Å². The number of hydrogen-bond donors (Lipinski definition) is 0. The number of carbonyl (C=O) groups excluding carboxylic acids is 2. The summed E-state index contributed by atoms with van der Waals surface area (Å²) in [5, 5.41) is 4.28. The highest BCUT2D eigenvalue weighted by atomic mass is 32.1. The maximum Gasteiger partial charge on any atom is 0.410 e. The molecule has 160 valence electrons. The minimum Gasteiger partial charge on any atom is -0.444 e. The second-order valence-corrected chi connectivity index (χ2v) is 10.3. The zero-order chi connectivity index (χ0) is 20.6. The van der Waals surface area contributed by atoms with Crippen molar-refractivity contribution < 1.29 is 14.3 Å². The quantitative estimate of drug-likeness (QED) is 0.702. The van der Waals surface area contributed by atoms with E-state index in [4.69, 9.17) is 4.74 Å². The van der Waals surface area contributed by atoms with Gasteiger partial charge in [0, 0.05) is 31.7 Å². The summed E-state index contributed by atoms with van der Waals surface area (Å²) in [7, 11) is 0. The van der Waals surface area contributed by atoms with E-state index in [1.807, 2.05) is 20.8 Å². The summed E-state index contributed by atoms with van der Waals surface area (Å²) in [6, 6.07) is 3.06. The zero-order valence-corrected chi connectivity index (χ0v) is 18.6. The third kappa shape index (κ3) is 4.39. The maximum absolute atomic E-state index is 13.5.